The van der Waals surface area contributed by atoms with Gasteiger partial charge < -0.3 is 9.64 Å². The van der Waals surface area contributed by atoms with Crippen LogP contribution >= 0.6 is 0 Å². The number of benzene rings is 3. The smallest absolute Gasteiger partial charge is 0.239 e. The lowest BCUT2D eigenvalue weighted by Gasteiger charge is -2.29. The van der Waals surface area contributed by atoms with Gasteiger partial charge in [-0.3, -0.25) is 20.0 Å². The molecule has 152 valence electrons. The third-order valence-corrected chi connectivity index (χ3v) is 4.86. The number of carbonyl (C=O) groups excluding carboxylic acids is 2. The van der Waals surface area contributed by atoms with Crippen LogP contribution in [0.1, 0.15) is 12.8 Å². The Morgan fingerprint density at radius 3 is 2.10 bits per heavy atom. The third kappa shape index (κ3) is 4.43. The molecule has 3 aromatic carbocycles. The fraction of sp³-hybridized carbons (Fsp3) is 0.167. The Kier molecular flexibility index (Phi) is 5.94. The van der Waals surface area contributed by atoms with E-state index in [4.69, 9.17) is 4.74 Å². The number of ether oxygens (including phenoxy) is 1. The highest BCUT2D eigenvalue weighted by Gasteiger charge is 2.24. The fourth-order valence-electron chi connectivity index (χ4n) is 3.40. The van der Waals surface area contributed by atoms with Crippen molar-refractivity contribution in [3.63, 3.8) is 0 Å². The van der Waals surface area contributed by atoms with Crippen molar-refractivity contribution in [1.82, 2.24) is 5.43 Å². The third-order valence-electron chi connectivity index (χ3n) is 4.86. The Morgan fingerprint density at radius 1 is 0.833 bits per heavy atom. The van der Waals surface area contributed by atoms with Gasteiger partial charge in [0.2, 0.25) is 11.8 Å². The lowest BCUT2D eigenvalue weighted by atomic mass is 10.2. The molecule has 6 nitrogen and oxygen atoms in total. The normalized spacial score (nSPS) is 12.5. The summed E-state index contributed by atoms with van der Waals surface area (Å²) < 4.78 is 5.60. The van der Waals surface area contributed by atoms with Gasteiger partial charge in [0, 0.05) is 12.8 Å². The van der Waals surface area contributed by atoms with Crippen molar-refractivity contribution in [3.8, 4) is 5.75 Å². The van der Waals surface area contributed by atoms with Gasteiger partial charge in [0.25, 0.3) is 0 Å². The average molecular weight is 401 g/mol. The number of fused-ring (bicyclic) bond motifs is 1. The van der Waals surface area contributed by atoms with E-state index in [0.717, 1.165) is 17.1 Å². The highest BCUT2D eigenvalue weighted by atomic mass is 16.5. The Balaban J connectivity index is 1.42. The van der Waals surface area contributed by atoms with E-state index in [1.807, 2.05) is 84.9 Å². The van der Waals surface area contributed by atoms with Crippen LogP contribution in [0.4, 0.5) is 17.1 Å². The first-order valence-electron chi connectivity index (χ1n) is 9.94. The quantitative estimate of drug-likeness (QED) is 0.633. The number of amides is 2. The number of hydrazine groups is 1. The number of hydrogen-bond acceptors (Lipinski definition) is 4. The van der Waals surface area contributed by atoms with Gasteiger partial charge in [-0.25, -0.2) is 0 Å². The maximum absolute atomic E-state index is 12.8. The minimum atomic E-state index is -0.224. The Bertz CT molecular complexity index is 969. The van der Waals surface area contributed by atoms with Crippen molar-refractivity contribution < 1.29 is 14.3 Å². The summed E-state index contributed by atoms with van der Waals surface area (Å²) in [6, 6.07) is 26.6. The van der Waals surface area contributed by atoms with Crippen LogP contribution in [0, 0.1) is 0 Å². The van der Waals surface area contributed by atoms with Crippen molar-refractivity contribution in [1.29, 1.82) is 0 Å². The zero-order valence-corrected chi connectivity index (χ0v) is 16.5. The van der Waals surface area contributed by atoms with Crippen molar-refractivity contribution >= 4 is 28.9 Å². The van der Waals surface area contributed by atoms with Crippen LogP contribution in [-0.2, 0) is 9.59 Å². The van der Waals surface area contributed by atoms with Crippen LogP contribution in [0.25, 0.3) is 0 Å². The van der Waals surface area contributed by atoms with E-state index in [9.17, 15) is 9.59 Å². The number of hydrogen-bond donors (Lipinski definition) is 1. The monoisotopic (exact) mass is 401 g/mol. The van der Waals surface area contributed by atoms with Crippen molar-refractivity contribution in [2.24, 2.45) is 0 Å². The second-order valence-corrected chi connectivity index (χ2v) is 6.90. The van der Waals surface area contributed by atoms with E-state index in [1.54, 1.807) is 9.91 Å². The molecule has 0 bridgehead atoms. The molecule has 0 spiro atoms. The van der Waals surface area contributed by atoms with Gasteiger partial charge in [-0.2, -0.15) is 0 Å². The number of nitrogens with one attached hydrogen (secondary N) is 1. The zero-order chi connectivity index (χ0) is 20.8. The second kappa shape index (κ2) is 9.13. The summed E-state index contributed by atoms with van der Waals surface area (Å²) in [5.41, 5.74) is 5.36. The summed E-state index contributed by atoms with van der Waals surface area (Å²) in [7, 11) is 0. The molecule has 30 heavy (non-hydrogen) atoms. The molecule has 0 aliphatic carbocycles. The SMILES string of the molecule is O=C(CCC(=O)N1CCOc2ccccc21)NN(c1ccccc1)c1ccccc1. The van der Waals surface area contributed by atoms with E-state index in [2.05, 4.69) is 5.43 Å². The number of carbonyl (C=O) groups is 2. The largest absolute Gasteiger partial charge is 0.490 e. The zero-order valence-electron chi connectivity index (χ0n) is 16.5. The first-order valence-corrected chi connectivity index (χ1v) is 9.94. The predicted octanol–water partition coefficient (Wildman–Crippen LogP) is 4.06. The minimum Gasteiger partial charge on any atom is -0.490 e. The summed E-state index contributed by atoms with van der Waals surface area (Å²) in [4.78, 5) is 27.1. The van der Waals surface area contributed by atoms with Crippen molar-refractivity contribution in [2.45, 2.75) is 12.8 Å². The highest BCUT2D eigenvalue weighted by Crippen LogP contribution is 2.31. The molecule has 4 rings (SSSR count). The Morgan fingerprint density at radius 2 is 1.43 bits per heavy atom. The van der Waals surface area contributed by atoms with Crippen LogP contribution in [-0.4, -0.2) is 25.0 Å². The fourth-order valence-corrected chi connectivity index (χ4v) is 3.40. The lowest BCUT2D eigenvalue weighted by molar-refractivity contribution is -0.125. The van der Waals surface area contributed by atoms with Crippen LogP contribution in [0.15, 0.2) is 84.9 Å². The molecule has 6 heteroatoms. The number of rotatable bonds is 6. The van der Waals surface area contributed by atoms with E-state index in [0.29, 0.717) is 18.9 Å². The Labute approximate surface area is 175 Å². The van der Waals surface area contributed by atoms with E-state index >= 15 is 0 Å². The number of para-hydroxylation sites is 4. The molecule has 1 aliphatic heterocycles. The molecule has 1 aliphatic rings. The first-order chi connectivity index (χ1) is 14.7. The van der Waals surface area contributed by atoms with Gasteiger partial charge in [-0.1, -0.05) is 48.5 Å². The molecule has 0 aromatic heterocycles. The molecule has 0 saturated carbocycles. The van der Waals surface area contributed by atoms with Crippen LogP contribution in [0.3, 0.4) is 0 Å². The van der Waals surface area contributed by atoms with Gasteiger partial charge in [0.15, 0.2) is 0 Å². The molecule has 0 atom stereocenters. The van der Waals surface area contributed by atoms with Crippen molar-refractivity contribution in [3.05, 3.63) is 84.9 Å². The summed E-state index contributed by atoms with van der Waals surface area (Å²) in [6.07, 6.45) is 0.214. The first kappa shape index (κ1) is 19.5. The summed E-state index contributed by atoms with van der Waals surface area (Å²) in [6.45, 7) is 0.933. The number of nitrogens with zero attached hydrogens (tertiary/aromatic N) is 2. The van der Waals surface area contributed by atoms with Gasteiger partial charge in [0.1, 0.15) is 12.4 Å². The lowest BCUT2D eigenvalue weighted by Crippen LogP contribution is -2.41. The highest BCUT2D eigenvalue weighted by molar-refractivity contribution is 5.97. The molecular weight excluding hydrogens is 378 g/mol. The molecule has 0 unspecified atom stereocenters. The Hall–Kier alpha value is -3.80. The molecule has 1 heterocycles. The van der Waals surface area contributed by atoms with Crippen molar-refractivity contribution in [2.75, 3.05) is 23.1 Å². The van der Waals surface area contributed by atoms with Gasteiger partial charge in [-0.15, -0.1) is 0 Å². The summed E-state index contributed by atoms with van der Waals surface area (Å²) >= 11 is 0. The molecule has 0 fully saturated rings. The molecule has 0 saturated heterocycles. The molecule has 0 radical (unpaired) electrons. The summed E-state index contributed by atoms with van der Waals surface area (Å²) in [5, 5.41) is 1.73. The maximum atomic E-state index is 12.8. The standard InChI is InChI=1S/C24H23N3O3/c28-23(15-16-24(29)26-17-18-30-22-14-8-7-13-21(22)26)25-27(19-9-3-1-4-10-19)20-11-5-2-6-12-20/h1-14H,15-18H2,(H,25,28). The van der Waals surface area contributed by atoms with Crippen LogP contribution in [0.2, 0.25) is 0 Å². The van der Waals surface area contributed by atoms with Gasteiger partial charge >= 0.3 is 0 Å². The molecular formula is C24H23N3O3. The van der Waals surface area contributed by atoms with E-state index < -0.39 is 0 Å². The average Bonchev–Trinajstić information content (AvgIpc) is 2.81. The molecule has 3 aromatic rings. The molecule has 1 N–H and O–H groups in total. The number of anilines is 3. The predicted molar refractivity (Wildman–Crippen MR) is 117 cm³/mol. The van der Waals surface area contributed by atoms with Gasteiger partial charge in [0.05, 0.1) is 23.6 Å². The van der Waals surface area contributed by atoms with E-state index in [-0.39, 0.29) is 24.7 Å². The second-order valence-electron chi connectivity index (χ2n) is 6.90. The molecule has 2 amide bonds. The maximum Gasteiger partial charge on any atom is 0.239 e. The van der Waals surface area contributed by atoms with Gasteiger partial charge in [-0.05, 0) is 36.4 Å². The minimum absolute atomic E-state index is 0.0909. The topological polar surface area (TPSA) is 61.9 Å². The van der Waals surface area contributed by atoms with E-state index in [1.165, 1.54) is 0 Å². The summed E-state index contributed by atoms with van der Waals surface area (Å²) in [5.74, 6) is 0.380. The van der Waals surface area contributed by atoms with Crippen LogP contribution in [0.5, 0.6) is 5.75 Å². The van der Waals surface area contributed by atoms with Crippen LogP contribution < -0.4 is 20.1 Å².